The smallest absolute Gasteiger partial charge is 0.220 e. The number of carbonyl (C=O) groups is 1. The number of amides is 1. The van der Waals surface area contributed by atoms with Crippen molar-refractivity contribution in [3.63, 3.8) is 0 Å². The van der Waals surface area contributed by atoms with Gasteiger partial charge in [-0.25, -0.2) is 0 Å². The van der Waals surface area contributed by atoms with E-state index in [1.165, 1.54) is 0 Å². The molecule has 88 valence electrons. The van der Waals surface area contributed by atoms with Crippen LogP contribution in [0.15, 0.2) is 0 Å². The third-order valence-electron chi connectivity index (χ3n) is 2.70. The maximum atomic E-state index is 11.5. The van der Waals surface area contributed by atoms with Gasteiger partial charge in [-0.3, -0.25) is 4.79 Å². The second-order valence-electron chi connectivity index (χ2n) is 4.60. The Hall–Kier alpha value is -0.220. The highest BCUT2D eigenvalue weighted by Gasteiger charge is 2.42. The lowest BCUT2D eigenvalue weighted by Crippen LogP contribution is -2.30. The van der Waals surface area contributed by atoms with E-state index in [-0.39, 0.29) is 17.4 Å². The molecule has 4 heteroatoms. The molecule has 0 heterocycles. The fourth-order valence-electron chi connectivity index (χ4n) is 1.46. The van der Waals surface area contributed by atoms with Gasteiger partial charge in [-0.05, 0) is 37.9 Å². The highest BCUT2D eigenvalue weighted by Crippen LogP contribution is 2.49. The molecule has 0 atom stereocenters. The maximum Gasteiger partial charge on any atom is 0.220 e. The number of carbonyl (C=O) groups excluding carboxylic acids is 1. The highest BCUT2D eigenvalue weighted by molar-refractivity contribution is 7.80. The van der Waals surface area contributed by atoms with Crippen molar-refractivity contribution in [2.24, 2.45) is 5.41 Å². The van der Waals surface area contributed by atoms with E-state index >= 15 is 0 Å². The molecule has 0 aromatic heterocycles. The summed E-state index contributed by atoms with van der Waals surface area (Å²) >= 11 is 4.27. The lowest BCUT2D eigenvalue weighted by atomic mass is 10.1. The number of hydrogen-bond acceptors (Lipinski definition) is 3. The molecule has 3 nitrogen and oxygen atoms in total. The van der Waals surface area contributed by atoms with Crippen molar-refractivity contribution in [1.29, 1.82) is 0 Å². The Morgan fingerprint density at radius 2 is 2.20 bits per heavy atom. The Morgan fingerprint density at radius 1 is 1.53 bits per heavy atom. The van der Waals surface area contributed by atoms with Crippen LogP contribution in [0.1, 0.15) is 33.1 Å². The molecular weight excluding hydrogens is 210 g/mol. The van der Waals surface area contributed by atoms with Gasteiger partial charge in [0.15, 0.2) is 0 Å². The average molecular weight is 231 g/mol. The van der Waals surface area contributed by atoms with Crippen molar-refractivity contribution in [3.05, 3.63) is 0 Å². The molecular formula is C11H21NO2S. The zero-order valence-electron chi connectivity index (χ0n) is 9.58. The Morgan fingerprint density at radius 3 is 2.67 bits per heavy atom. The van der Waals surface area contributed by atoms with Gasteiger partial charge in [0.25, 0.3) is 0 Å². The van der Waals surface area contributed by atoms with Gasteiger partial charge in [0, 0.05) is 13.0 Å². The summed E-state index contributed by atoms with van der Waals surface area (Å²) in [5, 5.41) is 2.87. The Bertz CT molecular complexity index is 215. The van der Waals surface area contributed by atoms with Crippen molar-refractivity contribution in [2.45, 2.75) is 39.2 Å². The van der Waals surface area contributed by atoms with Gasteiger partial charge in [-0.15, -0.1) is 0 Å². The standard InChI is InChI=1S/C11H21NO2S/c1-9(2)14-6-5-12-10(13)7-11(8-15)3-4-11/h9,15H,3-8H2,1-2H3,(H,12,13). The number of rotatable bonds is 7. The van der Waals surface area contributed by atoms with Crippen LogP contribution in [-0.4, -0.2) is 30.9 Å². The molecule has 0 bridgehead atoms. The van der Waals surface area contributed by atoms with Crippen LogP contribution in [-0.2, 0) is 9.53 Å². The van der Waals surface area contributed by atoms with Crippen molar-refractivity contribution in [3.8, 4) is 0 Å². The van der Waals surface area contributed by atoms with Gasteiger partial charge in [0.05, 0.1) is 12.7 Å². The predicted molar refractivity (Wildman–Crippen MR) is 64.2 cm³/mol. The number of nitrogens with one attached hydrogen (secondary N) is 1. The van der Waals surface area contributed by atoms with Gasteiger partial charge in [-0.1, -0.05) is 0 Å². The van der Waals surface area contributed by atoms with Crippen LogP contribution in [0.4, 0.5) is 0 Å². The molecule has 0 saturated heterocycles. The zero-order valence-corrected chi connectivity index (χ0v) is 10.5. The van der Waals surface area contributed by atoms with Crippen molar-refractivity contribution >= 4 is 18.5 Å². The molecule has 0 aliphatic heterocycles. The minimum Gasteiger partial charge on any atom is -0.377 e. The minimum atomic E-state index is 0.133. The van der Waals surface area contributed by atoms with E-state index < -0.39 is 0 Å². The third kappa shape index (κ3) is 4.89. The van der Waals surface area contributed by atoms with Crippen molar-refractivity contribution in [1.82, 2.24) is 5.32 Å². The Labute approximate surface area is 97.4 Å². The van der Waals surface area contributed by atoms with Gasteiger partial charge < -0.3 is 10.1 Å². The quantitative estimate of drug-likeness (QED) is 0.516. The summed E-state index contributed by atoms with van der Waals surface area (Å²) in [6, 6.07) is 0. The van der Waals surface area contributed by atoms with Gasteiger partial charge >= 0.3 is 0 Å². The van der Waals surface area contributed by atoms with Crippen LogP contribution in [0.3, 0.4) is 0 Å². The minimum absolute atomic E-state index is 0.133. The van der Waals surface area contributed by atoms with Crippen molar-refractivity contribution in [2.75, 3.05) is 18.9 Å². The van der Waals surface area contributed by atoms with Gasteiger partial charge in [0.2, 0.25) is 5.91 Å². The van der Waals surface area contributed by atoms with Crippen LogP contribution in [0, 0.1) is 5.41 Å². The summed E-state index contributed by atoms with van der Waals surface area (Å²) in [6.45, 7) is 5.18. The van der Waals surface area contributed by atoms with Crippen LogP contribution in [0.5, 0.6) is 0 Å². The lowest BCUT2D eigenvalue weighted by molar-refractivity contribution is -0.122. The second-order valence-corrected chi connectivity index (χ2v) is 4.92. The van der Waals surface area contributed by atoms with Crippen LogP contribution in [0.25, 0.3) is 0 Å². The Balaban J connectivity index is 2.04. The summed E-state index contributed by atoms with van der Waals surface area (Å²) in [4.78, 5) is 11.5. The average Bonchev–Trinajstić information content (AvgIpc) is 2.93. The highest BCUT2D eigenvalue weighted by atomic mass is 32.1. The fraction of sp³-hybridized carbons (Fsp3) is 0.909. The van der Waals surface area contributed by atoms with Crippen LogP contribution >= 0.6 is 12.6 Å². The molecule has 1 aliphatic rings. The first-order valence-electron chi connectivity index (χ1n) is 5.57. The molecule has 1 N–H and O–H groups in total. The molecule has 0 radical (unpaired) electrons. The van der Waals surface area contributed by atoms with Crippen molar-refractivity contribution < 1.29 is 9.53 Å². The molecule has 0 unspecified atom stereocenters. The third-order valence-corrected chi connectivity index (χ3v) is 3.37. The summed E-state index contributed by atoms with van der Waals surface area (Å²) in [5.74, 6) is 0.956. The first-order valence-corrected chi connectivity index (χ1v) is 6.20. The Kier molecular flexibility index (Phi) is 4.93. The van der Waals surface area contributed by atoms with Gasteiger partial charge in [0.1, 0.15) is 0 Å². The molecule has 0 aromatic carbocycles. The zero-order chi connectivity index (χ0) is 11.3. The number of hydrogen-bond donors (Lipinski definition) is 2. The molecule has 1 fully saturated rings. The first kappa shape index (κ1) is 12.8. The second kappa shape index (κ2) is 5.75. The topological polar surface area (TPSA) is 38.3 Å². The van der Waals surface area contributed by atoms with E-state index in [9.17, 15) is 4.79 Å². The molecule has 1 amide bonds. The summed E-state index contributed by atoms with van der Waals surface area (Å²) in [5.41, 5.74) is 0.214. The van der Waals surface area contributed by atoms with E-state index in [0.717, 1.165) is 18.6 Å². The van der Waals surface area contributed by atoms with Gasteiger partial charge in [-0.2, -0.15) is 12.6 Å². The number of ether oxygens (including phenoxy) is 1. The summed E-state index contributed by atoms with van der Waals surface area (Å²) < 4.78 is 5.33. The summed E-state index contributed by atoms with van der Waals surface area (Å²) in [6.07, 6.45) is 3.14. The molecule has 15 heavy (non-hydrogen) atoms. The van der Waals surface area contributed by atoms with E-state index in [4.69, 9.17) is 4.74 Å². The lowest BCUT2D eigenvalue weighted by Gasteiger charge is -2.12. The van der Waals surface area contributed by atoms with E-state index in [1.807, 2.05) is 13.8 Å². The molecule has 1 aliphatic carbocycles. The van der Waals surface area contributed by atoms with E-state index in [0.29, 0.717) is 19.6 Å². The largest absolute Gasteiger partial charge is 0.377 e. The van der Waals surface area contributed by atoms with E-state index in [1.54, 1.807) is 0 Å². The van der Waals surface area contributed by atoms with E-state index in [2.05, 4.69) is 17.9 Å². The molecule has 0 spiro atoms. The first-order chi connectivity index (χ1) is 7.08. The molecule has 0 aromatic rings. The fourth-order valence-corrected chi connectivity index (χ4v) is 1.88. The monoisotopic (exact) mass is 231 g/mol. The van der Waals surface area contributed by atoms with Crippen LogP contribution < -0.4 is 5.32 Å². The van der Waals surface area contributed by atoms with Crippen LogP contribution in [0.2, 0.25) is 0 Å². The normalized spacial score (nSPS) is 17.9. The molecule has 1 saturated carbocycles. The number of thiol groups is 1. The predicted octanol–water partition coefficient (Wildman–Crippen LogP) is 1.63. The summed E-state index contributed by atoms with van der Waals surface area (Å²) in [7, 11) is 0. The molecule has 1 rings (SSSR count). The maximum absolute atomic E-state index is 11.5. The SMILES string of the molecule is CC(C)OCCNC(=O)CC1(CS)CC1.